The number of hydrogen-bond acceptors (Lipinski definition) is 5. The highest BCUT2D eigenvalue weighted by molar-refractivity contribution is 7.71. The van der Waals surface area contributed by atoms with Crippen molar-refractivity contribution in [2.75, 3.05) is 14.2 Å². The van der Waals surface area contributed by atoms with Crippen molar-refractivity contribution in [1.82, 2.24) is 9.55 Å². The van der Waals surface area contributed by atoms with E-state index in [1.165, 1.54) is 0 Å². The molecule has 0 saturated heterocycles. The number of ketones is 1. The number of rotatable bonds is 6. The molecule has 0 saturated carbocycles. The maximum atomic E-state index is 13.2. The van der Waals surface area contributed by atoms with Crippen molar-refractivity contribution in [3.63, 3.8) is 0 Å². The standard InChI is InChI=1S/C21H20N2O3S/c1-4-23-13-18(20(24)15-7-11-17(26-3)12-8-15)19(22-21(23)27)14-5-9-16(25-2)10-6-14/h5-13H,4H2,1-3H3. The zero-order valence-electron chi connectivity index (χ0n) is 15.4. The van der Waals surface area contributed by atoms with Gasteiger partial charge in [-0.05, 0) is 67.7 Å². The van der Waals surface area contributed by atoms with Crippen molar-refractivity contribution in [2.45, 2.75) is 13.5 Å². The Labute approximate surface area is 163 Å². The average molecular weight is 380 g/mol. The highest BCUT2D eigenvalue weighted by Crippen LogP contribution is 2.26. The van der Waals surface area contributed by atoms with Gasteiger partial charge in [0.25, 0.3) is 0 Å². The number of benzene rings is 2. The van der Waals surface area contributed by atoms with Crippen LogP contribution in [-0.4, -0.2) is 29.6 Å². The number of hydrogen-bond donors (Lipinski definition) is 0. The molecule has 0 aliphatic carbocycles. The van der Waals surface area contributed by atoms with Crippen LogP contribution >= 0.6 is 12.2 Å². The number of ether oxygens (including phenoxy) is 2. The Morgan fingerprint density at radius 2 is 1.56 bits per heavy atom. The lowest BCUT2D eigenvalue weighted by molar-refractivity contribution is 0.103. The van der Waals surface area contributed by atoms with E-state index in [0.29, 0.717) is 33.9 Å². The van der Waals surface area contributed by atoms with Crippen LogP contribution in [0.2, 0.25) is 0 Å². The van der Waals surface area contributed by atoms with Crippen molar-refractivity contribution < 1.29 is 14.3 Å². The molecule has 0 aliphatic heterocycles. The zero-order chi connectivity index (χ0) is 19.4. The van der Waals surface area contributed by atoms with Crippen molar-refractivity contribution in [1.29, 1.82) is 0 Å². The molecule has 5 nitrogen and oxygen atoms in total. The quantitative estimate of drug-likeness (QED) is 0.464. The lowest BCUT2D eigenvalue weighted by Gasteiger charge is -2.13. The second-order valence-electron chi connectivity index (χ2n) is 5.86. The van der Waals surface area contributed by atoms with Crippen molar-refractivity contribution in [2.24, 2.45) is 0 Å². The summed E-state index contributed by atoms with van der Waals surface area (Å²) >= 11 is 5.38. The minimum absolute atomic E-state index is 0.117. The second-order valence-corrected chi connectivity index (χ2v) is 6.22. The topological polar surface area (TPSA) is 53.4 Å². The Hall–Kier alpha value is -2.99. The SMILES string of the molecule is CCn1cc(C(=O)c2ccc(OC)cc2)c(-c2ccc(OC)cc2)nc1=S. The minimum atomic E-state index is -0.117. The van der Waals surface area contributed by atoms with Crippen LogP contribution in [0.4, 0.5) is 0 Å². The summed E-state index contributed by atoms with van der Waals surface area (Å²) in [4.78, 5) is 17.7. The van der Waals surface area contributed by atoms with Gasteiger partial charge in [-0.15, -0.1) is 0 Å². The smallest absolute Gasteiger partial charge is 0.200 e. The van der Waals surface area contributed by atoms with Gasteiger partial charge in [-0.25, -0.2) is 4.98 Å². The van der Waals surface area contributed by atoms with Gasteiger partial charge in [0.05, 0.1) is 25.5 Å². The summed E-state index contributed by atoms with van der Waals surface area (Å²) in [5.41, 5.74) is 2.43. The van der Waals surface area contributed by atoms with Gasteiger partial charge in [-0.1, -0.05) is 0 Å². The Morgan fingerprint density at radius 1 is 1.00 bits per heavy atom. The van der Waals surface area contributed by atoms with E-state index in [1.807, 2.05) is 31.2 Å². The third-order valence-electron chi connectivity index (χ3n) is 4.29. The number of aromatic nitrogens is 2. The van der Waals surface area contributed by atoms with Crippen LogP contribution in [0, 0.1) is 4.77 Å². The van der Waals surface area contributed by atoms with E-state index in [2.05, 4.69) is 4.98 Å². The monoisotopic (exact) mass is 380 g/mol. The normalized spacial score (nSPS) is 10.5. The first-order chi connectivity index (χ1) is 13.1. The van der Waals surface area contributed by atoms with Crippen LogP contribution in [0.5, 0.6) is 11.5 Å². The molecule has 0 fully saturated rings. The van der Waals surface area contributed by atoms with E-state index in [9.17, 15) is 4.79 Å². The number of carbonyl (C=O) groups excluding carboxylic acids is 1. The molecule has 3 rings (SSSR count). The van der Waals surface area contributed by atoms with E-state index in [-0.39, 0.29) is 5.78 Å². The van der Waals surface area contributed by atoms with Crippen LogP contribution in [0.3, 0.4) is 0 Å². The third kappa shape index (κ3) is 3.90. The molecule has 0 atom stereocenters. The summed E-state index contributed by atoms with van der Waals surface area (Å²) < 4.78 is 12.6. The lowest BCUT2D eigenvalue weighted by Crippen LogP contribution is -2.11. The Kier molecular flexibility index (Phi) is 5.66. The highest BCUT2D eigenvalue weighted by Gasteiger charge is 2.18. The fourth-order valence-electron chi connectivity index (χ4n) is 2.75. The fourth-order valence-corrected chi connectivity index (χ4v) is 3.02. The maximum absolute atomic E-state index is 13.2. The van der Waals surface area contributed by atoms with Gasteiger partial charge in [0, 0.05) is 23.9 Å². The Morgan fingerprint density at radius 3 is 2.07 bits per heavy atom. The largest absolute Gasteiger partial charge is 0.497 e. The predicted octanol–water partition coefficient (Wildman–Crippen LogP) is 4.55. The molecule has 6 heteroatoms. The number of methoxy groups -OCH3 is 2. The van der Waals surface area contributed by atoms with Gasteiger partial charge < -0.3 is 14.0 Å². The molecule has 0 N–H and O–H groups in total. The van der Waals surface area contributed by atoms with Gasteiger partial charge in [-0.2, -0.15) is 0 Å². The van der Waals surface area contributed by atoms with Crippen LogP contribution < -0.4 is 9.47 Å². The summed E-state index contributed by atoms with van der Waals surface area (Å²) in [5, 5.41) is 0. The molecular weight excluding hydrogens is 360 g/mol. The van der Waals surface area contributed by atoms with E-state index in [1.54, 1.807) is 49.2 Å². The number of nitrogens with zero attached hydrogens (tertiary/aromatic N) is 2. The molecule has 0 unspecified atom stereocenters. The van der Waals surface area contributed by atoms with Gasteiger partial charge >= 0.3 is 0 Å². The molecule has 0 amide bonds. The van der Waals surface area contributed by atoms with Crippen molar-refractivity contribution in [3.8, 4) is 22.8 Å². The summed E-state index contributed by atoms with van der Waals surface area (Å²) in [7, 11) is 3.20. The van der Waals surface area contributed by atoms with E-state index >= 15 is 0 Å². The van der Waals surface area contributed by atoms with E-state index in [0.717, 1.165) is 11.3 Å². The van der Waals surface area contributed by atoms with Crippen molar-refractivity contribution in [3.05, 3.63) is 70.6 Å². The number of aryl methyl sites for hydroxylation is 1. The van der Waals surface area contributed by atoms with Gasteiger partial charge in [0.15, 0.2) is 10.6 Å². The molecule has 2 aromatic carbocycles. The van der Waals surface area contributed by atoms with Gasteiger partial charge in [0.2, 0.25) is 0 Å². The summed E-state index contributed by atoms with van der Waals surface area (Å²) in [6.07, 6.45) is 1.78. The molecule has 1 heterocycles. The highest BCUT2D eigenvalue weighted by atomic mass is 32.1. The van der Waals surface area contributed by atoms with Crippen LogP contribution in [0.15, 0.2) is 54.7 Å². The van der Waals surface area contributed by atoms with Crippen molar-refractivity contribution >= 4 is 18.0 Å². The van der Waals surface area contributed by atoms with Gasteiger partial charge in [0.1, 0.15) is 11.5 Å². The van der Waals surface area contributed by atoms with Crippen LogP contribution in [-0.2, 0) is 6.54 Å². The van der Waals surface area contributed by atoms with Gasteiger partial charge in [-0.3, -0.25) is 4.79 Å². The molecular formula is C21H20N2O3S. The molecule has 1 aromatic heterocycles. The van der Waals surface area contributed by atoms with E-state index < -0.39 is 0 Å². The fraction of sp³-hybridized carbons (Fsp3) is 0.190. The first-order valence-corrected chi connectivity index (χ1v) is 8.93. The average Bonchev–Trinajstić information content (AvgIpc) is 2.73. The Bertz CT molecular complexity index is 1010. The predicted molar refractivity (Wildman–Crippen MR) is 107 cm³/mol. The minimum Gasteiger partial charge on any atom is -0.497 e. The molecule has 3 aromatic rings. The molecule has 138 valence electrons. The first-order valence-electron chi connectivity index (χ1n) is 8.52. The summed E-state index contributed by atoms with van der Waals surface area (Å²) in [6.45, 7) is 2.60. The Balaban J connectivity index is 2.13. The lowest BCUT2D eigenvalue weighted by atomic mass is 9.99. The molecule has 0 radical (unpaired) electrons. The van der Waals surface area contributed by atoms with E-state index in [4.69, 9.17) is 21.7 Å². The molecule has 27 heavy (non-hydrogen) atoms. The molecule has 0 bridgehead atoms. The first kappa shape index (κ1) is 18.8. The molecule has 0 aliphatic rings. The number of carbonyl (C=O) groups is 1. The maximum Gasteiger partial charge on any atom is 0.200 e. The van der Waals surface area contributed by atoms with Crippen LogP contribution in [0.25, 0.3) is 11.3 Å². The van der Waals surface area contributed by atoms with Crippen LogP contribution in [0.1, 0.15) is 22.8 Å². The molecule has 0 spiro atoms. The third-order valence-corrected chi connectivity index (χ3v) is 4.62. The summed E-state index contributed by atoms with van der Waals surface area (Å²) in [5.74, 6) is 1.32. The zero-order valence-corrected chi connectivity index (χ0v) is 16.2. The summed E-state index contributed by atoms with van der Waals surface area (Å²) in [6, 6.07) is 14.4. The second kappa shape index (κ2) is 8.14.